The van der Waals surface area contributed by atoms with E-state index in [4.69, 9.17) is 5.73 Å². The Hall–Kier alpha value is -2.17. The van der Waals surface area contributed by atoms with Gasteiger partial charge in [-0.3, -0.25) is 0 Å². The Labute approximate surface area is 115 Å². The first-order valence-corrected chi connectivity index (χ1v) is 6.12. The number of nitrogens with two attached hydrogens (primary N) is 1. The molecular formula is C15H15F3N2. The van der Waals surface area contributed by atoms with E-state index in [2.05, 4.69) is 5.32 Å². The van der Waals surface area contributed by atoms with E-state index in [0.29, 0.717) is 17.8 Å². The van der Waals surface area contributed by atoms with E-state index in [1.807, 2.05) is 19.1 Å². The van der Waals surface area contributed by atoms with Gasteiger partial charge >= 0.3 is 6.18 Å². The van der Waals surface area contributed by atoms with Crippen LogP contribution in [0.1, 0.15) is 16.7 Å². The van der Waals surface area contributed by atoms with Crippen LogP contribution < -0.4 is 11.1 Å². The Kier molecular flexibility index (Phi) is 3.88. The van der Waals surface area contributed by atoms with Gasteiger partial charge in [0.25, 0.3) is 0 Å². The van der Waals surface area contributed by atoms with Crippen LogP contribution in [-0.2, 0) is 12.7 Å². The highest BCUT2D eigenvalue weighted by Crippen LogP contribution is 2.29. The maximum Gasteiger partial charge on any atom is 0.416 e. The monoisotopic (exact) mass is 280 g/mol. The van der Waals surface area contributed by atoms with E-state index in [1.165, 1.54) is 6.07 Å². The van der Waals surface area contributed by atoms with E-state index in [9.17, 15) is 13.2 Å². The summed E-state index contributed by atoms with van der Waals surface area (Å²) in [5.74, 6) is 0. The molecule has 0 fully saturated rings. The normalized spacial score (nSPS) is 11.4. The topological polar surface area (TPSA) is 38.0 Å². The van der Waals surface area contributed by atoms with Gasteiger partial charge in [0, 0.05) is 17.9 Å². The van der Waals surface area contributed by atoms with Crippen molar-refractivity contribution in [3.05, 3.63) is 59.2 Å². The van der Waals surface area contributed by atoms with Gasteiger partial charge < -0.3 is 11.1 Å². The Bertz CT molecular complexity index is 606. The molecule has 0 radical (unpaired) electrons. The first-order chi connectivity index (χ1) is 9.36. The lowest BCUT2D eigenvalue weighted by atomic mass is 10.1. The second-order valence-corrected chi connectivity index (χ2v) is 4.63. The molecular weight excluding hydrogens is 265 g/mol. The molecule has 3 N–H and O–H groups in total. The lowest BCUT2D eigenvalue weighted by Gasteiger charge is -2.12. The van der Waals surface area contributed by atoms with Crippen molar-refractivity contribution in [2.24, 2.45) is 0 Å². The highest BCUT2D eigenvalue weighted by atomic mass is 19.4. The van der Waals surface area contributed by atoms with Gasteiger partial charge in [0.2, 0.25) is 0 Å². The molecule has 5 heteroatoms. The number of rotatable bonds is 3. The van der Waals surface area contributed by atoms with E-state index in [0.717, 1.165) is 23.4 Å². The summed E-state index contributed by atoms with van der Waals surface area (Å²) in [4.78, 5) is 0. The van der Waals surface area contributed by atoms with E-state index < -0.39 is 11.7 Å². The van der Waals surface area contributed by atoms with Gasteiger partial charge in [-0.25, -0.2) is 0 Å². The third kappa shape index (κ3) is 3.44. The van der Waals surface area contributed by atoms with Gasteiger partial charge in [-0.05, 0) is 48.4 Å². The Morgan fingerprint density at radius 2 is 1.85 bits per heavy atom. The van der Waals surface area contributed by atoms with Gasteiger partial charge in [-0.15, -0.1) is 0 Å². The minimum absolute atomic E-state index is 0.328. The van der Waals surface area contributed by atoms with Gasteiger partial charge in [0.05, 0.1) is 5.56 Å². The highest BCUT2D eigenvalue weighted by molar-refractivity contribution is 5.57. The van der Waals surface area contributed by atoms with Gasteiger partial charge in [0.1, 0.15) is 0 Å². The molecule has 0 aromatic heterocycles. The standard InChI is InChI=1S/C15H15F3N2/c1-10-7-13(19)5-6-14(10)20-9-11-3-2-4-12(8-11)15(16,17)18/h2-8,20H,9,19H2,1H3. The summed E-state index contributed by atoms with van der Waals surface area (Å²) in [6, 6.07) is 10.7. The van der Waals surface area contributed by atoms with Crippen molar-refractivity contribution in [2.75, 3.05) is 11.1 Å². The fourth-order valence-corrected chi connectivity index (χ4v) is 1.94. The largest absolute Gasteiger partial charge is 0.416 e. The maximum absolute atomic E-state index is 12.6. The quantitative estimate of drug-likeness (QED) is 0.827. The minimum atomic E-state index is -4.31. The van der Waals surface area contributed by atoms with Crippen LogP contribution in [0.3, 0.4) is 0 Å². The Morgan fingerprint density at radius 3 is 2.50 bits per heavy atom. The second kappa shape index (κ2) is 5.45. The SMILES string of the molecule is Cc1cc(N)ccc1NCc1cccc(C(F)(F)F)c1. The minimum Gasteiger partial charge on any atom is -0.399 e. The number of nitrogens with one attached hydrogen (secondary N) is 1. The number of hydrogen-bond acceptors (Lipinski definition) is 2. The Balaban J connectivity index is 2.11. The van der Waals surface area contributed by atoms with Crippen LogP contribution in [0, 0.1) is 6.92 Å². The zero-order valence-corrected chi connectivity index (χ0v) is 11.0. The van der Waals surface area contributed by atoms with Crippen LogP contribution in [0.15, 0.2) is 42.5 Å². The lowest BCUT2D eigenvalue weighted by molar-refractivity contribution is -0.137. The number of halogens is 3. The molecule has 0 saturated carbocycles. The number of nitrogen functional groups attached to an aromatic ring is 1. The predicted octanol–water partition coefficient (Wildman–Crippen LogP) is 4.21. The van der Waals surface area contributed by atoms with Gasteiger partial charge in [-0.1, -0.05) is 12.1 Å². The van der Waals surface area contributed by atoms with E-state index in [1.54, 1.807) is 12.1 Å². The average Bonchev–Trinajstić information content (AvgIpc) is 2.37. The summed E-state index contributed by atoms with van der Waals surface area (Å²) in [5, 5.41) is 3.11. The number of alkyl halides is 3. The molecule has 0 aliphatic carbocycles. The third-order valence-corrected chi connectivity index (χ3v) is 2.99. The van der Waals surface area contributed by atoms with Crippen molar-refractivity contribution >= 4 is 11.4 Å². The summed E-state index contributed by atoms with van der Waals surface area (Å²) >= 11 is 0. The molecule has 2 aromatic rings. The molecule has 0 bridgehead atoms. The van der Waals surface area contributed by atoms with E-state index in [-0.39, 0.29) is 0 Å². The van der Waals surface area contributed by atoms with Crippen molar-refractivity contribution < 1.29 is 13.2 Å². The molecule has 2 rings (SSSR count). The summed E-state index contributed by atoms with van der Waals surface area (Å²) in [7, 11) is 0. The molecule has 0 aliphatic rings. The number of anilines is 2. The average molecular weight is 280 g/mol. The first-order valence-electron chi connectivity index (χ1n) is 6.12. The summed E-state index contributed by atoms with van der Waals surface area (Å²) in [6.45, 7) is 2.22. The molecule has 2 nitrogen and oxygen atoms in total. The molecule has 0 amide bonds. The van der Waals surface area contributed by atoms with Crippen LogP contribution in [0.2, 0.25) is 0 Å². The summed E-state index contributed by atoms with van der Waals surface area (Å²) in [6.07, 6.45) is -4.31. The van der Waals surface area contributed by atoms with Crippen molar-refractivity contribution in [3.8, 4) is 0 Å². The first kappa shape index (κ1) is 14.2. The highest BCUT2D eigenvalue weighted by Gasteiger charge is 2.30. The van der Waals surface area contributed by atoms with Crippen molar-refractivity contribution in [1.29, 1.82) is 0 Å². The molecule has 0 spiro atoms. The van der Waals surface area contributed by atoms with Crippen molar-refractivity contribution in [2.45, 2.75) is 19.6 Å². The van der Waals surface area contributed by atoms with Crippen molar-refractivity contribution in [1.82, 2.24) is 0 Å². The van der Waals surface area contributed by atoms with Gasteiger partial charge in [-0.2, -0.15) is 13.2 Å². The molecule has 106 valence electrons. The molecule has 2 aromatic carbocycles. The Morgan fingerprint density at radius 1 is 1.10 bits per heavy atom. The number of hydrogen-bond donors (Lipinski definition) is 2. The molecule has 0 heterocycles. The molecule has 0 saturated heterocycles. The van der Waals surface area contributed by atoms with Crippen LogP contribution in [-0.4, -0.2) is 0 Å². The fraction of sp³-hybridized carbons (Fsp3) is 0.200. The van der Waals surface area contributed by atoms with Gasteiger partial charge in [0.15, 0.2) is 0 Å². The molecule has 0 atom stereocenters. The second-order valence-electron chi connectivity index (χ2n) is 4.63. The zero-order valence-electron chi connectivity index (χ0n) is 11.0. The molecule has 20 heavy (non-hydrogen) atoms. The van der Waals surface area contributed by atoms with Crippen LogP contribution in [0.4, 0.5) is 24.5 Å². The van der Waals surface area contributed by atoms with Crippen molar-refractivity contribution in [3.63, 3.8) is 0 Å². The van der Waals surface area contributed by atoms with E-state index >= 15 is 0 Å². The zero-order chi connectivity index (χ0) is 14.8. The van der Waals surface area contributed by atoms with Crippen LogP contribution in [0.5, 0.6) is 0 Å². The van der Waals surface area contributed by atoms with Crippen LogP contribution in [0.25, 0.3) is 0 Å². The van der Waals surface area contributed by atoms with Crippen LogP contribution >= 0.6 is 0 Å². The predicted molar refractivity (Wildman–Crippen MR) is 74.4 cm³/mol. The molecule has 0 unspecified atom stereocenters. The number of benzene rings is 2. The number of aryl methyl sites for hydroxylation is 1. The smallest absolute Gasteiger partial charge is 0.399 e. The maximum atomic E-state index is 12.6. The fourth-order valence-electron chi connectivity index (χ4n) is 1.94. The third-order valence-electron chi connectivity index (χ3n) is 2.99. The lowest BCUT2D eigenvalue weighted by Crippen LogP contribution is -2.07. The summed E-state index contributed by atoms with van der Waals surface area (Å²) < 4.78 is 37.8. The molecule has 0 aliphatic heterocycles. The summed E-state index contributed by atoms with van der Waals surface area (Å²) in [5.41, 5.74) is 8.07.